The van der Waals surface area contributed by atoms with Crippen molar-refractivity contribution in [1.82, 2.24) is 5.32 Å². The van der Waals surface area contributed by atoms with Crippen molar-refractivity contribution < 1.29 is 46.0 Å². The number of hydrogen-bond acceptors (Lipinski definition) is 6. The van der Waals surface area contributed by atoms with E-state index in [9.17, 15) is 22.4 Å². The molecule has 39 heavy (non-hydrogen) atoms. The van der Waals surface area contributed by atoms with Gasteiger partial charge in [0, 0.05) is 24.4 Å². The first kappa shape index (κ1) is 27.8. The van der Waals surface area contributed by atoms with Crippen molar-refractivity contribution in [2.45, 2.75) is 94.8 Å². The molecule has 2 aromatic rings. The smallest absolute Gasteiger partial charge is 0.406 e. The summed E-state index contributed by atoms with van der Waals surface area (Å²) in [5, 5.41) is 3.01. The number of carbonyl (C=O) groups excluding carboxylic acids is 1. The van der Waals surface area contributed by atoms with Gasteiger partial charge in [-0.15, -0.1) is 13.2 Å². The number of hydrogen-bond donors (Lipinski definition) is 1. The Morgan fingerprint density at radius 3 is 2.54 bits per heavy atom. The SMILES string of the molecule is CC1(C)O[C@H]2[C@H](OCc3cccc(OC(F)(F)F)c3)C[C@](OCc3ccccc3F)(C(=O)NC3CC3)C[C@H]2O1. The average molecular weight is 554 g/mol. The summed E-state index contributed by atoms with van der Waals surface area (Å²) in [6.07, 6.45) is -4.65. The Morgan fingerprint density at radius 2 is 1.82 bits per heavy atom. The number of amides is 1. The lowest BCUT2D eigenvalue weighted by atomic mass is 9.78. The number of benzene rings is 2. The van der Waals surface area contributed by atoms with Gasteiger partial charge >= 0.3 is 6.36 Å². The van der Waals surface area contributed by atoms with E-state index in [0.717, 1.165) is 12.8 Å². The monoisotopic (exact) mass is 553 g/mol. The number of fused-ring (bicyclic) bond motifs is 1. The standard InChI is InChI=1S/C28H31F4NO6/c1-26(2)38-23-14-27(25(34)33-19-10-11-19,36-16-18-7-3-4-9-21(18)29)13-22(24(23)39-26)35-15-17-6-5-8-20(12-17)37-28(30,31)32/h3-9,12,19,22-24H,10-11,13-16H2,1-2H3,(H,33,34)/t22-,23-,24+,27-/m1/s1. The molecule has 0 radical (unpaired) electrons. The molecular weight excluding hydrogens is 522 g/mol. The quantitative estimate of drug-likeness (QED) is 0.433. The Bertz CT molecular complexity index is 1190. The van der Waals surface area contributed by atoms with Crippen LogP contribution in [0, 0.1) is 5.82 Å². The largest absolute Gasteiger partial charge is 0.573 e. The molecule has 1 amide bonds. The van der Waals surface area contributed by atoms with Crippen molar-refractivity contribution in [3.05, 3.63) is 65.5 Å². The Kier molecular flexibility index (Phi) is 7.62. The molecule has 4 atom stereocenters. The first-order valence-corrected chi connectivity index (χ1v) is 12.9. The molecule has 3 aliphatic rings. The highest BCUT2D eigenvalue weighted by atomic mass is 19.4. The van der Waals surface area contributed by atoms with Crippen LogP contribution in [0.4, 0.5) is 17.6 Å². The maximum atomic E-state index is 14.4. The van der Waals surface area contributed by atoms with Gasteiger partial charge < -0.3 is 29.0 Å². The zero-order chi connectivity index (χ0) is 27.8. The van der Waals surface area contributed by atoms with Gasteiger partial charge in [0.1, 0.15) is 17.7 Å². The van der Waals surface area contributed by atoms with Gasteiger partial charge in [0.15, 0.2) is 11.4 Å². The van der Waals surface area contributed by atoms with Crippen LogP contribution in [0.25, 0.3) is 0 Å². The van der Waals surface area contributed by atoms with Crippen molar-refractivity contribution in [2.24, 2.45) is 0 Å². The van der Waals surface area contributed by atoms with Crippen molar-refractivity contribution >= 4 is 5.91 Å². The third kappa shape index (κ3) is 6.89. The van der Waals surface area contributed by atoms with Gasteiger partial charge in [-0.3, -0.25) is 4.79 Å². The topological polar surface area (TPSA) is 75.2 Å². The molecule has 0 spiro atoms. The fraction of sp³-hybridized carbons (Fsp3) is 0.536. The third-order valence-electron chi connectivity index (χ3n) is 7.03. The number of halogens is 4. The Morgan fingerprint density at radius 1 is 1.05 bits per heavy atom. The summed E-state index contributed by atoms with van der Waals surface area (Å²) in [6.45, 7) is 3.30. The van der Waals surface area contributed by atoms with Gasteiger partial charge in [-0.2, -0.15) is 0 Å². The third-order valence-corrected chi connectivity index (χ3v) is 7.03. The normalized spacial score (nSPS) is 28.1. The van der Waals surface area contributed by atoms with E-state index in [1.807, 2.05) is 0 Å². The minimum atomic E-state index is -4.82. The van der Waals surface area contributed by atoms with E-state index >= 15 is 0 Å². The molecule has 11 heteroatoms. The Labute approximate surface area is 223 Å². The molecule has 7 nitrogen and oxygen atoms in total. The predicted molar refractivity (Wildman–Crippen MR) is 130 cm³/mol. The van der Waals surface area contributed by atoms with Crippen molar-refractivity contribution in [3.8, 4) is 5.75 Å². The summed E-state index contributed by atoms with van der Waals surface area (Å²) in [5.74, 6) is -2.09. The number of ether oxygens (including phenoxy) is 5. The summed E-state index contributed by atoms with van der Waals surface area (Å²) in [7, 11) is 0. The zero-order valence-corrected chi connectivity index (χ0v) is 21.6. The minimum absolute atomic E-state index is 0.0529. The van der Waals surface area contributed by atoms with Crippen molar-refractivity contribution in [3.63, 3.8) is 0 Å². The van der Waals surface area contributed by atoms with Gasteiger partial charge in [-0.25, -0.2) is 4.39 Å². The molecular formula is C28H31F4NO6. The van der Waals surface area contributed by atoms with Crippen LogP contribution in [-0.2, 0) is 37.0 Å². The fourth-order valence-electron chi connectivity index (χ4n) is 5.12. The molecule has 1 saturated heterocycles. The molecule has 1 N–H and O–H groups in total. The summed E-state index contributed by atoms with van der Waals surface area (Å²) < 4.78 is 81.2. The van der Waals surface area contributed by atoms with Crippen LogP contribution in [0.2, 0.25) is 0 Å². The van der Waals surface area contributed by atoms with E-state index in [1.54, 1.807) is 38.1 Å². The van der Waals surface area contributed by atoms with Crippen molar-refractivity contribution in [1.29, 1.82) is 0 Å². The van der Waals surface area contributed by atoms with Crippen molar-refractivity contribution in [2.75, 3.05) is 0 Å². The van der Waals surface area contributed by atoms with E-state index in [2.05, 4.69) is 10.1 Å². The number of rotatable bonds is 9. The zero-order valence-electron chi connectivity index (χ0n) is 21.6. The van der Waals surface area contributed by atoms with Gasteiger partial charge in [0.2, 0.25) is 0 Å². The molecule has 5 rings (SSSR count). The van der Waals surface area contributed by atoms with Gasteiger partial charge in [-0.1, -0.05) is 30.3 Å². The molecule has 0 unspecified atom stereocenters. The van der Waals surface area contributed by atoms with Crippen LogP contribution in [0.5, 0.6) is 5.75 Å². The second kappa shape index (κ2) is 10.7. The maximum absolute atomic E-state index is 14.4. The highest BCUT2D eigenvalue weighted by Gasteiger charge is 2.58. The molecule has 3 fully saturated rings. The van der Waals surface area contributed by atoms with Gasteiger partial charge in [-0.05, 0) is 50.5 Å². The second-order valence-corrected chi connectivity index (χ2v) is 10.7. The van der Waals surface area contributed by atoms with Crippen LogP contribution in [0.1, 0.15) is 50.7 Å². The predicted octanol–water partition coefficient (Wildman–Crippen LogP) is 5.16. The summed E-state index contributed by atoms with van der Waals surface area (Å²) in [6, 6.07) is 11.7. The van der Waals surface area contributed by atoms with Crippen LogP contribution >= 0.6 is 0 Å². The molecule has 2 aromatic carbocycles. The number of nitrogens with one attached hydrogen (secondary N) is 1. The average Bonchev–Trinajstić information content (AvgIpc) is 3.61. The molecule has 2 aliphatic carbocycles. The van der Waals surface area contributed by atoms with Crippen LogP contribution in [0.3, 0.4) is 0 Å². The van der Waals surface area contributed by atoms with E-state index in [-0.39, 0.29) is 43.8 Å². The highest BCUT2D eigenvalue weighted by Crippen LogP contribution is 2.44. The number of carbonyl (C=O) groups is 1. The van der Waals surface area contributed by atoms with E-state index in [4.69, 9.17) is 18.9 Å². The lowest BCUT2D eigenvalue weighted by Gasteiger charge is -2.43. The van der Waals surface area contributed by atoms with E-state index in [0.29, 0.717) is 11.1 Å². The summed E-state index contributed by atoms with van der Waals surface area (Å²) in [5.41, 5.74) is -0.653. The van der Waals surface area contributed by atoms with Crippen LogP contribution in [0.15, 0.2) is 48.5 Å². The highest BCUT2D eigenvalue weighted by molar-refractivity contribution is 5.86. The molecule has 0 aromatic heterocycles. The minimum Gasteiger partial charge on any atom is -0.406 e. The Hall–Kier alpha value is -2.73. The molecule has 212 valence electrons. The fourth-order valence-corrected chi connectivity index (χ4v) is 5.12. The summed E-state index contributed by atoms with van der Waals surface area (Å²) >= 11 is 0. The number of alkyl halides is 3. The van der Waals surface area contributed by atoms with E-state index in [1.165, 1.54) is 24.3 Å². The van der Waals surface area contributed by atoms with Crippen LogP contribution in [-0.4, -0.2) is 48.0 Å². The van der Waals surface area contributed by atoms with Gasteiger partial charge in [0.25, 0.3) is 5.91 Å². The molecule has 2 saturated carbocycles. The second-order valence-electron chi connectivity index (χ2n) is 10.7. The van der Waals surface area contributed by atoms with E-state index < -0.39 is 41.9 Å². The Balaban J connectivity index is 1.38. The first-order valence-electron chi connectivity index (χ1n) is 12.9. The lowest BCUT2D eigenvalue weighted by Crippen LogP contribution is -2.60. The molecule has 0 bridgehead atoms. The van der Waals surface area contributed by atoms with Crippen LogP contribution < -0.4 is 10.1 Å². The molecule has 1 heterocycles. The first-order chi connectivity index (χ1) is 18.4. The summed E-state index contributed by atoms with van der Waals surface area (Å²) in [4.78, 5) is 13.6. The maximum Gasteiger partial charge on any atom is 0.573 e. The lowest BCUT2D eigenvalue weighted by molar-refractivity contribution is -0.274. The van der Waals surface area contributed by atoms with Gasteiger partial charge in [0.05, 0.1) is 25.4 Å². The molecule has 1 aliphatic heterocycles.